The molecule has 1 unspecified atom stereocenters. The summed E-state index contributed by atoms with van der Waals surface area (Å²) in [5, 5.41) is 9.24. The highest BCUT2D eigenvalue weighted by Crippen LogP contribution is 2.23. The Labute approximate surface area is 152 Å². The van der Waals surface area contributed by atoms with Gasteiger partial charge in [0.2, 0.25) is 0 Å². The van der Waals surface area contributed by atoms with Gasteiger partial charge < -0.3 is 9.67 Å². The third-order valence-corrected chi connectivity index (χ3v) is 5.18. The number of rotatable bonds is 5. The largest absolute Gasteiger partial charge is 0.481 e. The number of nitrogens with zero attached hydrogens (tertiary/aromatic N) is 3. The highest BCUT2D eigenvalue weighted by atomic mass is 16.4. The normalized spacial score (nSPS) is 17.8. The first-order chi connectivity index (χ1) is 12.6. The van der Waals surface area contributed by atoms with Gasteiger partial charge in [-0.1, -0.05) is 42.0 Å². The molecule has 0 bridgehead atoms. The van der Waals surface area contributed by atoms with Gasteiger partial charge in [-0.25, -0.2) is 4.98 Å². The molecule has 1 saturated heterocycles. The Hall–Kier alpha value is -2.66. The van der Waals surface area contributed by atoms with Crippen LogP contribution in [0, 0.1) is 12.8 Å². The van der Waals surface area contributed by atoms with Crippen LogP contribution in [0.2, 0.25) is 0 Å². The summed E-state index contributed by atoms with van der Waals surface area (Å²) in [6.07, 6.45) is 0.716. The smallest absolute Gasteiger partial charge is 0.307 e. The van der Waals surface area contributed by atoms with E-state index in [0.717, 1.165) is 29.9 Å². The zero-order chi connectivity index (χ0) is 18.1. The van der Waals surface area contributed by atoms with Crippen molar-refractivity contribution >= 4 is 17.0 Å². The van der Waals surface area contributed by atoms with Crippen LogP contribution < -0.4 is 0 Å². The second-order valence-corrected chi connectivity index (χ2v) is 7.15. The summed E-state index contributed by atoms with van der Waals surface area (Å²) in [5.41, 5.74) is 4.60. The first-order valence-corrected chi connectivity index (χ1v) is 9.05. The third kappa shape index (κ3) is 3.35. The van der Waals surface area contributed by atoms with Crippen molar-refractivity contribution in [3.05, 3.63) is 65.5 Å². The molecule has 2 aromatic carbocycles. The minimum Gasteiger partial charge on any atom is -0.481 e. The van der Waals surface area contributed by atoms with Crippen molar-refractivity contribution in [1.29, 1.82) is 0 Å². The van der Waals surface area contributed by atoms with Crippen LogP contribution >= 0.6 is 0 Å². The maximum atomic E-state index is 11.2. The van der Waals surface area contributed by atoms with Crippen molar-refractivity contribution in [2.45, 2.75) is 26.4 Å². The van der Waals surface area contributed by atoms with E-state index in [0.29, 0.717) is 19.5 Å². The van der Waals surface area contributed by atoms with E-state index in [9.17, 15) is 9.90 Å². The summed E-state index contributed by atoms with van der Waals surface area (Å²) in [6.45, 7) is 4.96. The molecule has 0 spiro atoms. The van der Waals surface area contributed by atoms with Gasteiger partial charge in [-0.2, -0.15) is 0 Å². The Morgan fingerprint density at radius 2 is 1.92 bits per heavy atom. The maximum absolute atomic E-state index is 11.2. The van der Waals surface area contributed by atoms with Crippen LogP contribution in [0.5, 0.6) is 0 Å². The number of carboxylic acid groups (broad SMARTS) is 1. The average Bonchev–Trinajstić information content (AvgIpc) is 3.23. The van der Waals surface area contributed by atoms with Gasteiger partial charge in [0, 0.05) is 13.1 Å². The quantitative estimate of drug-likeness (QED) is 0.768. The number of carbonyl (C=O) groups is 1. The summed E-state index contributed by atoms with van der Waals surface area (Å²) in [6, 6.07) is 16.8. The van der Waals surface area contributed by atoms with Gasteiger partial charge in [0.05, 0.1) is 23.5 Å². The second-order valence-electron chi connectivity index (χ2n) is 7.15. The molecule has 0 radical (unpaired) electrons. The molecular weight excluding hydrogens is 326 g/mol. The van der Waals surface area contributed by atoms with Crippen LogP contribution in [0.1, 0.15) is 23.4 Å². The van der Waals surface area contributed by atoms with Crippen LogP contribution in [-0.2, 0) is 17.9 Å². The molecule has 0 amide bonds. The van der Waals surface area contributed by atoms with Gasteiger partial charge in [0.15, 0.2) is 0 Å². The number of aromatic nitrogens is 2. The lowest BCUT2D eigenvalue weighted by Crippen LogP contribution is -2.24. The highest BCUT2D eigenvalue weighted by molar-refractivity contribution is 5.76. The van der Waals surface area contributed by atoms with Crippen molar-refractivity contribution in [3.63, 3.8) is 0 Å². The number of hydrogen-bond acceptors (Lipinski definition) is 3. The molecule has 2 heterocycles. The molecule has 1 N–H and O–H groups in total. The number of likely N-dealkylation sites (tertiary alicyclic amines) is 1. The van der Waals surface area contributed by atoms with Crippen LogP contribution in [0.4, 0.5) is 0 Å². The van der Waals surface area contributed by atoms with Crippen LogP contribution in [0.3, 0.4) is 0 Å². The van der Waals surface area contributed by atoms with Gasteiger partial charge in [-0.15, -0.1) is 0 Å². The van der Waals surface area contributed by atoms with Crippen LogP contribution in [0.15, 0.2) is 48.5 Å². The summed E-state index contributed by atoms with van der Waals surface area (Å²) in [7, 11) is 0. The van der Waals surface area contributed by atoms with Crippen molar-refractivity contribution in [2.75, 3.05) is 13.1 Å². The zero-order valence-electron chi connectivity index (χ0n) is 14.9. The summed E-state index contributed by atoms with van der Waals surface area (Å²) in [5.74, 6) is 0.0448. The van der Waals surface area contributed by atoms with E-state index in [4.69, 9.17) is 4.98 Å². The van der Waals surface area contributed by atoms with E-state index in [1.54, 1.807) is 0 Å². The van der Waals surface area contributed by atoms with Crippen molar-refractivity contribution in [3.8, 4) is 0 Å². The number of imidazole rings is 1. The average molecular weight is 349 g/mol. The fourth-order valence-corrected chi connectivity index (χ4v) is 3.68. The van der Waals surface area contributed by atoms with Crippen LogP contribution in [-0.4, -0.2) is 38.6 Å². The Balaban J connectivity index is 1.63. The first-order valence-electron chi connectivity index (χ1n) is 9.05. The summed E-state index contributed by atoms with van der Waals surface area (Å²) >= 11 is 0. The predicted octanol–water partition coefficient (Wildman–Crippen LogP) is 3.30. The van der Waals surface area contributed by atoms with Gasteiger partial charge in [0.25, 0.3) is 0 Å². The molecule has 1 aliphatic heterocycles. The third-order valence-electron chi connectivity index (χ3n) is 5.18. The minimum absolute atomic E-state index is 0.259. The fourth-order valence-electron chi connectivity index (χ4n) is 3.68. The number of aryl methyl sites for hydroxylation is 1. The summed E-state index contributed by atoms with van der Waals surface area (Å²) in [4.78, 5) is 18.3. The lowest BCUT2D eigenvalue weighted by molar-refractivity contribution is -0.141. The van der Waals surface area contributed by atoms with Crippen molar-refractivity contribution < 1.29 is 9.90 Å². The molecule has 1 fully saturated rings. The maximum Gasteiger partial charge on any atom is 0.307 e. The van der Waals surface area contributed by atoms with E-state index in [2.05, 4.69) is 46.7 Å². The highest BCUT2D eigenvalue weighted by Gasteiger charge is 2.28. The molecule has 1 aromatic heterocycles. The van der Waals surface area contributed by atoms with E-state index >= 15 is 0 Å². The van der Waals surface area contributed by atoms with Gasteiger partial charge >= 0.3 is 5.97 Å². The topological polar surface area (TPSA) is 58.4 Å². The molecule has 0 aliphatic carbocycles. The SMILES string of the molecule is Cc1ccc(Cn2c(CN3CCC(C(=O)O)C3)nc3ccccc32)cc1. The number of carboxylic acids is 1. The second kappa shape index (κ2) is 6.92. The van der Waals surface area contributed by atoms with Gasteiger partial charge in [-0.3, -0.25) is 9.69 Å². The predicted molar refractivity (Wildman–Crippen MR) is 101 cm³/mol. The number of fused-ring (bicyclic) bond motifs is 1. The van der Waals surface area contributed by atoms with Gasteiger partial charge in [-0.05, 0) is 37.6 Å². The Kier molecular flexibility index (Phi) is 4.47. The van der Waals surface area contributed by atoms with Gasteiger partial charge in [0.1, 0.15) is 5.82 Å². The molecule has 26 heavy (non-hydrogen) atoms. The van der Waals surface area contributed by atoms with E-state index in [1.165, 1.54) is 11.1 Å². The molecule has 1 atom stereocenters. The molecule has 5 heteroatoms. The van der Waals surface area contributed by atoms with Crippen molar-refractivity contribution in [2.24, 2.45) is 5.92 Å². The first kappa shape index (κ1) is 16.8. The van der Waals surface area contributed by atoms with E-state index in [1.807, 2.05) is 18.2 Å². The molecular formula is C21H23N3O2. The number of benzene rings is 2. The molecule has 3 aromatic rings. The molecule has 4 rings (SSSR count). The van der Waals surface area contributed by atoms with Crippen LogP contribution in [0.25, 0.3) is 11.0 Å². The molecule has 0 saturated carbocycles. The Bertz CT molecular complexity index is 930. The van der Waals surface area contributed by atoms with E-state index < -0.39 is 5.97 Å². The standard InChI is InChI=1S/C21H23N3O2/c1-15-6-8-16(9-7-15)12-24-19-5-3-2-4-18(19)22-20(24)14-23-11-10-17(13-23)21(25)26/h2-9,17H,10-14H2,1H3,(H,25,26). The Morgan fingerprint density at radius 1 is 1.15 bits per heavy atom. The number of para-hydroxylation sites is 2. The molecule has 134 valence electrons. The number of aliphatic carboxylic acids is 1. The fraction of sp³-hybridized carbons (Fsp3) is 0.333. The zero-order valence-corrected chi connectivity index (χ0v) is 14.9. The monoisotopic (exact) mass is 349 g/mol. The number of hydrogen-bond donors (Lipinski definition) is 1. The molecule has 1 aliphatic rings. The van der Waals surface area contributed by atoms with Crippen molar-refractivity contribution in [1.82, 2.24) is 14.5 Å². The lowest BCUT2D eigenvalue weighted by Gasteiger charge is -2.16. The van der Waals surface area contributed by atoms with E-state index in [-0.39, 0.29) is 5.92 Å². The lowest BCUT2D eigenvalue weighted by atomic mass is 10.1. The minimum atomic E-state index is -0.694. The molecule has 5 nitrogen and oxygen atoms in total. The summed E-state index contributed by atoms with van der Waals surface area (Å²) < 4.78 is 2.26. The Morgan fingerprint density at radius 3 is 2.65 bits per heavy atom.